The summed E-state index contributed by atoms with van der Waals surface area (Å²) in [6, 6.07) is 6.51. The Labute approximate surface area is 93.3 Å². The molecule has 78 valence electrons. The van der Waals surface area contributed by atoms with Crippen molar-refractivity contribution in [3.63, 3.8) is 0 Å². The van der Waals surface area contributed by atoms with E-state index >= 15 is 0 Å². The van der Waals surface area contributed by atoms with Gasteiger partial charge in [0, 0.05) is 11.6 Å². The van der Waals surface area contributed by atoms with Crippen LogP contribution in [0.25, 0.3) is 0 Å². The Morgan fingerprint density at radius 3 is 2.75 bits per heavy atom. The lowest BCUT2D eigenvalue weighted by Crippen LogP contribution is -1.91. The molecule has 1 aliphatic rings. The summed E-state index contributed by atoms with van der Waals surface area (Å²) in [5.74, 6) is 5.77. The van der Waals surface area contributed by atoms with E-state index in [-0.39, 0.29) is 5.69 Å². The number of nitro benzene ring substituents is 1. The van der Waals surface area contributed by atoms with E-state index in [1.54, 1.807) is 18.2 Å². The molecule has 0 radical (unpaired) electrons. The van der Waals surface area contributed by atoms with E-state index in [2.05, 4.69) is 11.8 Å². The van der Waals surface area contributed by atoms with Gasteiger partial charge in [-0.25, -0.2) is 0 Å². The van der Waals surface area contributed by atoms with Crippen LogP contribution >= 0.6 is 0 Å². The average molecular weight is 211 g/mol. The Hall–Kier alpha value is -2.34. The second-order valence-electron chi connectivity index (χ2n) is 3.35. The van der Waals surface area contributed by atoms with Gasteiger partial charge in [-0.05, 0) is 12.5 Å². The third-order valence-electron chi connectivity index (χ3n) is 2.23. The second kappa shape index (κ2) is 4.45. The molecule has 0 amide bonds. The van der Waals surface area contributed by atoms with Gasteiger partial charge in [0.05, 0.1) is 4.92 Å². The number of allylic oxidation sites excluding steroid dienone is 4. The minimum absolute atomic E-state index is 0.0570. The first kappa shape index (κ1) is 10.2. The number of nitrogens with zero attached hydrogens (tertiary/aromatic N) is 1. The smallest absolute Gasteiger partial charge is 0.258 e. The van der Waals surface area contributed by atoms with E-state index in [0.29, 0.717) is 5.56 Å². The Balaban J connectivity index is 2.30. The summed E-state index contributed by atoms with van der Waals surface area (Å²) >= 11 is 0. The largest absolute Gasteiger partial charge is 0.284 e. The van der Waals surface area contributed by atoms with Crippen molar-refractivity contribution < 1.29 is 4.92 Å². The van der Waals surface area contributed by atoms with Crippen molar-refractivity contribution in [2.45, 2.75) is 6.42 Å². The summed E-state index contributed by atoms with van der Waals surface area (Å²) in [4.78, 5) is 10.3. The van der Waals surface area contributed by atoms with Gasteiger partial charge in [0.2, 0.25) is 0 Å². The Morgan fingerprint density at radius 1 is 1.25 bits per heavy atom. The van der Waals surface area contributed by atoms with E-state index in [1.807, 2.05) is 18.2 Å². The van der Waals surface area contributed by atoms with Crippen LogP contribution in [0.5, 0.6) is 0 Å². The molecule has 1 aliphatic carbocycles. The average Bonchev–Trinajstić information content (AvgIpc) is 2.79. The normalized spacial score (nSPS) is 12.9. The molecule has 16 heavy (non-hydrogen) atoms. The highest BCUT2D eigenvalue weighted by atomic mass is 16.6. The highest BCUT2D eigenvalue weighted by molar-refractivity contribution is 5.53. The van der Waals surface area contributed by atoms with E-state index < -0.39 is 4.92 Å². The molecule has 0 aromatic heterocycles. The first-order valence-electron chi connectivity index (χ1n) is 4.88. The van der Waals surface area contributed by atoms with E-state index in [1.165, 1.54) is 6.07 Å². The summed E-state index contributed by atoms with van der Waals surface area (Å²) in [5, 5.41) is 10.7. The maximum Gasteiger partial charge on any atom is 0.284 e. The number of para-hydroxylation sites is 1. The van der Waals surface area contributed by atoms with Crippen molar-refractivity contribution in [1.29, 1.82) is 0 Å². The topological polar surface area (TPSA) is 43.1 Å². The van der Waals surface area contributed by atoms with Crippen molar-refractivity contribution >= 4 is 5.69 Å². The van der Waals surface area contributed by atoms with Crippen LogP contribution in [0.15, 0.2) is 48.1 Å². The van der Waals surface area contributed by atoms with Gasteiger partial charge in [-0.1, -0.05) is 42.2 Å². The summed E-state index contributed by atoms with van der Waals surface area (Å²) < 4.78 is 0. The molecule has 0 unspecified atom stereocenters. The maximum atomic E-state index is 10.7. The first-order valence-corrected chi connectivity index (χ1v) is 4.88. The van der Waals surface area contributed by atoms with E-state index in [0.717, 1.165) is 12.0 Å². The van der Waals surface area contributed by atoms with Gasteiger partial charge in [0.15, 0.2) is 0 Å². The molecule has 0 aliphatic heterocycles. The zero-order chi connectivity index (χ0) is 11.4. The molecule has 0 saturated heterocycles. The molecule has 0 N–H and O–H groups in total. The molecular weight excluding hydrogens is 202 g/mol. The zero-order valence-corrected chi connectivity index (χ0v) is 8.51. The summed E-state index contributed by atoms with van der Waals surface area (Å²) in [6.07, 6.45) is 6.67. The van der Waals surface area contributed by atoms with E-state index in [9.17, 15) is 10.1 Å². The number of rotatable bonds is 1. The van der Waals surface area contributed by atoms with Crippen LogP contribution in [-0.4, -0.2) is 4.92 Å². The molecule has 3 heteroatoms. The van der Waals surface area contributed by atoms with Crippen LogP contribution in [-0.2, 0) is 0 Å². The number of benzene rings is 1. The number of hydrogen-bond acceptors (Lipinski definition) is 2. The van der Waals surface area contributed by atoms with Crippen LogP contribution in [0.2, 0.25) is 0 Å². The molecule has 0 heterocycles. The van der Waals surface area contributed by atoms with Crippen molar-refractivity contribution in [1.82, 2.24) is 0 Å². The van der Waals surface area contributed by atoms with Gasteiger partial charge in [-0.3, -0.25) is 10.1 Å². The van der Waals surface area contributed by atoms with Crippen molar-refractivity contribution in [2.24, 2.45) is 0 Å². The molecular formula is C13H9NO2. The zero-order valence-electron chi connectivity index (χ0n) is 8.51. The SMILES string of the molecule is O=[N+]([O-])c1ccccc1C#CC1=CC=CC1. The quantitative estimate of drug-likeness (QED) is 0.407. The van der Waals surface area contributed by atoms with Gasteiger partial charge in [-0.15, -0.1) is 0 Å². The molecule has 1 aromatic carbocycles. The molecule has 2 rings (SSSR count). The first-order chi connectivity index (χ1) is 7.77. The van der Waals surface area contributed by atoms with Crippen molar-refractivity contribution in [3.8, 4) is 11.8 Å². The van der Waals surface area contributed by atoms with Crippen LogP contribution in [0.4, 0.5) is 5.69 Å². The summed E-state index contributed by atoms with van der Waals surface area (Å²) in [6.45, 7) is 0. The van der Waals surface area contributed by atoms with Crippen molar-refractivity contribution in [3.05, 3.63) is 63.7 Å². The van der Waals surface area contributed by atoms with Crippen LogP contribution in [0.3, 0.4) is 0 Å². The lowest BCUT2D eigenvalue weighted by Gasteiger charge is -1.93. The molecule has 0 saturated carbocycles. The summed E-state index contributed by atoms with van der Waals surface area (Å²) in [7, 11) is 0. The van der Waals surface area contributed by atoms with Gasteiger partial charge in [0.25, 0.3) is 5.69 Å². The fraction of sp³-hybridized carbons (Fsp3) is 0.0769. The summed E-state index contributed by atoms with van der Waals surface area (Å²) in [5.41, 5.74) is 1.50. The third kappa shape index (κ3) is 2.18. The molecule has 0 spiro atoms. The Bertz CT molecular complexity index is 545. The fourth-order valence-electron chi connectivity index (χ4n) is 1.43. The monoisotopic (exact) mass is 211 g/mol. The highest BCUT2D eigenvalue weighted by Gasteiger charge is 2.09. The van der Waals surface area contributed by atoms with Crippen LogP contribution < -0.4 is 0 Å². The number of nitro groups is 1. The molecule has 0 fully saturated rings. The molecule has 1 aromatic rings. The fourth-order valence-corrected chi connectivity index (χ4v) is 1.43. The minimum atomic E-state index is -0.411. The van der Waals surface area contributed by atoms with Gasteiger partial charge in [-0.2, -0.15) is 0 Å². The Kier molecular flexibility index (Phi) is 2.84. The second-order valence-corrected chi connectivity index (χ2v) is 3.35. The van der Waals surface area contributed by atoms with Crippen LogP contribution in [0, 0.1) is 22.0 Å². The Morgan fingerprint density at radius 2 is 2.06 bits per heavy atom. The number of hydrogen-bond donors (Lipinski definition) is 0. The molecule has 0 bridgehead atoms. The third-order valence-corrected chi connectivity index (χ3v) is 2.23. The lowest BCUT2D eigenvalue weighted by molar-refractivity contribution is -0.385. The molecule has 0 atom stereocenters. The molecule has 3 nitrogen and oxygen atoms in total. The highest BCUT2D eigenvalue weighted by Crippen LogP contribution is 2.17. The standard InChI is InChI=1S/C13H9NO2/c15-14(16)13-8-4-3-7-12(13)10-9-11-5-1-2-6-11/h1-5,7-8H,6H2. The van der Waals surface area contributed by atoms with Gasteiger partial charge in [0.1, 0.15) is 5.56 Å². The van der Waals surface area contributed by atoms with Gasteiger partial charge >= 0.3 is 0 Å². The van der Waals surface area contributed by atoms with Crippen molar-refractivity contribution in [2.75, 3.05) is 0 Å². The predicted molar refractivity (Wildman–Crippen MR) is 61.8 cm³/mol. The van der Waals surface area contributed by atoms with E-state index in [4.69, 9.17) is 0 Å². The minimum Gasteiger partial charge on any atom is -0.258 e. The lowest BCUT2D eigenvalue weighted by atomic mass is 10.1. The van der Waals surface area contributed by atoms with Crippen LogP contribution in [0.1, 0.15) is 12.0 Å². The predicted octanol–water partition coefficient (Wildman–Crippen LogP) is 2.83. The van der Waals surface area contributed by atoms with Gasteiger partial charge < -0.3 is 0 Å². The maximum absolute atomic E-state index is 10.7.